The number of carbonyl (C=O) groups excluding carboxylic acids is 1. The van der Waals surface area contributed by atoms with Crippen LogP contribution in [0.5, 0.6) is 11.5 Å². The van der Waals surface area contributed by atoms with Gasteiger partial charge in [0.15, 0.2) is 5.16 Å². The Hall–Kier alpha value is -3.51. The number of nitriles is 1. The lowest BCUT2D eigenvalue weighted by Crippen LogP contribution is -2.33. The first-order valence-electron chi connectivity index (χ1n) is 9.16. The van der Waals surface area contributed by atoms with Crippen molar-refractivity contribution < 1.29 is 14.3 Å². The van der Waals surface area contributed by atoms with E-state index in [1.54, 1.807) is 42.1 Å². The van der Waals surface area contributed by atoms with Crippen LogP contribution in [0, 0.1) is 11.3 Å². The number of thioether (sulfide) groups is 1. The number of hydrogen-bond acceptors (Lipinski definition) is 7. The van der Waals surface area contributed by atoms with E-state index in [2.05, 4.69) is 16.3 Å². The van der Waals surface area contributed by atoms with Gasteiger partial charge in [0.1, 0.15) is 17.8 Å². The molecule has 8 nitrogen and oxygen atoms in total. The summed E-state index contributed by atoms with van der Waals surface area (Å²) in [6, 6.07) is 16.8. The Balaban J connectivity index is 1.80. The molecule has 0 atom stereocenters. The van der Waals surface area contributed by atoms with Gasteiger partial charge >= 0.3 is 0 Å². The Morgan fingerprint density at radius 3 is 2.57 bits per heavy atom. The Morgan fingerprint density at radius 2 is 1.83 bits per heavy atom. The molecule has 0 fully saturated rings. The molecule has 154 valence electrons. The summed E-state index contributed by atoms with van der Waals surface area (Å²) in [6.45, 7) is 0.273. The van der Waals surface area contributed by atoms with E-state index in [1.807, 2.05) is 36.4 Å². The molecule has 1 aromatic heterocycles. The molecular formula is C21H21N5O3S. The second-order valence-electron chi connectivity index (χ2n) is 6.07. The number of nitrogens with zero attached hydrogens (tertiary/aromatic N) is 5. The first-order valence-corrected chi connectivity index (χ1v) is 10.1. The molecule has 1 heterocycles. The number of para-hydroxylation sites is 4. The number of anilines is 1. The summed E-state index contributed by atoms with van der Waals surface area (Å²) in [4.78, 5) is 14.6. The van der Waals surface area contributed by atoms with Crippen LogP contribution in [0.25, 0.3) is 5.69 Å². The third-order valence-corrected chi connectivity index (χ3v) is 5.24. The smallest absolute Gasteiger partial charge is 0.237 e. The van der Waals surface area contributed by atoms with Crippen molar-refractivity contribution in [1.29, 1.82) is 5.26 Å². The average Bonchev–Trinajstić information content (AvgIpc) is 3.26. The van der Waals surface area contributed by atoms with Gasteiger partial charge in [-0.2, -0.15) is 5.26 Å². The van der Waals surface area contributed by atoms with Crippen LogP contribution in [-0.4, -0.2) is 47.2 Å². The third kappa shape index (κ3) is 4.72. The molecule has 0 radical (unpaired) electrons. The van der Waals surface area contributed by atoms with Crippen LogP contribution >= 0.6 is 11.8 Å². The largest absolute Gasteiger partial charge is 0.495 e. The molecule has 0 spiro atoms. The zero-order valence-corrected chi connectivity index (χ0v) is 17.5. The SMILES string of the molecule is COc1ccccc1N(CCC#N)C(=O)CSc1nncn1-c1ccccc1OC. The second kappa shape index (κ2) is 10.3. The highest BCUT2D eigenvalue weighted by Crippen LogP contribution is 2.30. The lowest BCUT2D eigenvalue weighted by Gasteiger charge is -2.23. The summed E-state index contributed by atoms with van der Waals surface area (Å²) in [5.74, 6) is 1.22. The Kier molecular flexibility index (Phi) is 7.29. The molecule has 3 aromatic rings. The van der Waals surface area contributed by atoms with E-state index in [1.165, 1.54) is 11.8 Å². The van der Waals surface area contributed by atoms with Crippen LogP contribution in [0.15, 0.2) is 60.0 Å². The second-order valence-corrected chi connectivity index (χ2v) is 7.01. The molecule has 0 unspecified atom stereocenters. The monoisotopic (exact) mass is 423 g/mol. The van der Waals surface area contributed by atoms with Crippen LogP contribution in [0.4, 0.5) is 5.69 Å². The van der Waals surface area contributed by atoms with Crippen molar-refractivity contribution in [2.45, 2.75) is 11.6 Å². The zero-order chi connectivity index (χ0) is 21.3. The lowest BCUT2D eigenvalue weighted by atomic mass is 10.2. The summed E-state index contributed by atoms with van der Waals surface area (Å²) < 4.78 is 12.6. The maximum Gasteiger partial charge on any atom is 0.237 e. The van der Waals surface area contributed by atoms with Gasteiger partial charge in [0, 0.05) is 6.54 Å². The molecule has 1 amide bonds. The topological polar surface area (TPSA) is 93.3 Å². The Labute approximate surface area is 179 Å². The van der Waals surface area contributed by atoms with Crippen molar-refractivity contribution in [2.24, 2.45) is 0 Å². The van der Waals surface area contributed by atoms with E-state index in [4.69, 9.17) is 14.7 Å². The van der Waals surface area contributed by atoms with E-state index in [0.717, 1.165) is 5.69 Å². The molecule has 0 aliphatic rings. The minimum absolute atomic E-state index is 0.122. The minimum atomic E-state index is -0.158. The van der Waals surface area contributed by atoms with E-state index in [9.17, 15) is 4.79 Å². The summed E-state index contributed by atoms with van der Waals surface area (Å²) >= 11 is 1.26. The van der Waals surface area contributed by atoms with E-state index < -0.39 is 0 Å². The molecule has 30 heavy (non-hydrogen) atoms. The predicted molar refractivity (Wildman–Crippen MR) is 114 cm³/mol. The molecule has 2 aromatic carbocycles. The van der Waals surface area contributed by atoms with Crippen molar-refractivity contribution in [3.05, 3.63) is 54.9 Å². The van der Waals surface area contributed by atoms with E-state index in [0.29, 0.717) is 22.3 Å². The summed E-state index contributed by atoms with van der Waals surface area (Å²) in [5.41, 5.74) is 1.41. The van der Waals surface area contributed by atoms with Crippen LogP contribution < -0.4 is 14.4 Å². The maximum absolute atomic E-state index is 13.0. The van der Waals surface area contributed by atoms with E-state index >= 15 is 0 Å². The highest BCUT2D eigenvalue weighted by Gasteiger charge is 2.21. The van der Waals surface area contributed by atoms with Crippen LogP contribution in [0.1, 0.15) is 6.42 Å². The zero-order valence-electron chi connectivity index (χ0n) is 16.7. The summed E-state index contributed by atoms with van der Waals surface area (Å²) in [6.07, 6.45) is 1.80. The van der Waals surface area contributed by atoms with Gasteiger partial charge in [0.05, 0.1) is 43.8 Å². The van der Waals surface area contributed by atoms with E-state index in [-0.39, 0.29) is 24.6 Å². The Morgan fingerprint density at radius 1 is 1.13 bits per heavy atom. The molecule has 3 rings (SSSR count). The number of hydrogen-bond donors (Lipinski definition) is 0. The molecule has 0 N–H and O–H groups in total. The van der Waals surface area contributed by atoms with Gasteiger partial charge in [0.25, 0.3) is 0 Å². The normalized spacial score (nSPS) is 10.3. The first-order chi connectivity index (χ1) is 14.7. The van der Waals surface area contributed by atoms with Crippen LogP contribution in [-0.2, 0) is 4.79 Å². The number of benzene rings is 2. The van der Waals surface area contributed by atoms with Crippen molar-refractivity contribution in [3.63, 3.8) is 0 Å². The van der Waals surface area contributed by atoms with Crippen molar-refractivity contribution in [1.82, 2.24) is 14.8 Å². The van der Waals surface area contributed by atoms with Crippen LogP contribution in [0.2, 0.25) is 0 Å². The predicted octanol–water partition coefficient (Wildman–Crippen LogP) is 3.32. The molecule has 0 saturated carbocycles. The van der Waals surface area contributed by atoms with Gasteiger partial charge in [-0.25, -0.2) is 0 Å². The van der Waals surface area contributed by atoms with Gasteiger partial charge in [-0.3, -0.25) is 9.36 Å². The average molecular weight is 423 g/mol. The molecule has 0 bridgehead atoms. The van der Waals surface area contributed by atoms with Crippen molar-refractivity contribution >= 4 is 23.4 Å². The summed E-state index contributed by atoms with van der Waals surface area (Å²) in [7, 11) is 3.15. The number of methoxy groups -OCH3 is 2. The standard InChI is InChI=1S/C21H21N5O3S/c1-28-18-10-5-3-8-16(18)25(13-7-12-22)20(27)14-30-21-24-23-15-26(21)17-9-4-6-11-19(17)29-2/h3-6,8-11,15H,7,13-14H2,1-2H3. The number of rotatable bonds is 9. The molecule has 0 aliphatic carbocycles. The molecule has 0 saturated heterocycles. The van der Waals surface area contributed by atoms with Crippen LogP contribution in [0.3, 0.4) is 0 Å². The quantitative estimate of drug-likeness (QED) is 0.487. The maximum atomic E-state index is 13.0. The molecular weight excluding hydrogens is 402 g/mol. The fraction of sp³-hybridized carbons (Fsp3) is 0.238. The molecule has 0 aliphatic heterocycles. The van der Waals surface area contributed by atoms with Gasteiger partial charge in [-0.15, -0.1) is 10.2 Å². The third-order valence-electron chi connectivity index (χ3n) is 4.31. The number of amides is 1. The number of aromatic nitrogens is 3. The lowest BCUT2D eigenvalue weighted by molar-refractivity contribution is -0.116. The van der Waals surface area contributed by atoms with Gasteiger partial charge < -0.3 is 14.4 Å². The van der Waals surface area contributed by atoms with Crippen molar-refractivity contribution in [2.75, 3.05) is 31.4 Å². The van der Waals surface area contributed by atoms with Crippen molar-refractivity contribution in [3.8, 4) is 23.3 Å². The Bertz CT molecular complexity index is 1050. The summed E-state index contributed by atoms with van der Waals surface area (Å²) in [5, 5.41) is 17.7. The highest BCUT2D eigenvalue weighted by atomic mass is 32.2. The fourth-order valence-corrected chi connectivity index (χ4v) is 3.71. The number of carbonyl (C=O) groups is 1. The van der Waals surface area contributed by atoms with Gasteiger partial charge in [0.2, 0.25) is 5.91 Å². The minimum Gasteiger partial charge on any atom is -0.495 e. The fourth-order valence-electron chi connectivity index (χ4n) is 2.92. The highest BCUT2D eigenvalue weighted by molar-refractivity contribution is 7.99. The van der Waals surface area contributed by atoms with Gasteiger partial charge in [-0.05, 0) is 24.3 Å². The first kappa shape index (κ1) is 21.2. The number of ether oxygens (including phenoxy) is 2. The van der Waals surface area contributed by atoms with Gasteiger partial charge in [-0.1, -0.05) is 36.0 Å². The molecule has 9 heteroatoms.